The van der Waals surface area contributed by atoms with Crippen LogP contribution < -0.4 is 10.0 Å². The van der Waals surface area contributed by atoms with E-state index in [0.717, 1.165) is 12.1 Å². The summed E-state index contributed by atoms with van der Waals surface area (Å²) < 4.78 is 0. The Morgan fingerprint density at radius 1 is 1.00 bits per heavy atom. The first-order chi connectivity index (χ1) is 9.37. The maximum atomic E-state index is 10.8. The van der Waals surface area contributed by atoms with Crippen molar-refractivity contribution in [1.29, 1.82) is 0 Å². The zero-order valence-electron chi connectivity index (χ0n) is 11.8. The fourth-order valence-electron chi connectivity index (χ4n) is 1.51. The topological polar surface area (TPSA) is 114 Å². The van der Waals surface area contributed by atoms with E-state index in [2.05, 4.69) is 20.8 Å². The van der Waals surface area contributed by atoms with Crippen molar-refractivity contribution in [2.75, 3.05) is 19.6 Å². The maximum Gasteiger partial charge on any atom is 0.276 e. The zero-order valence-corrected chi connectivity index (χ0v) is 11.8. The normalized spacial score (nSPS) is 9.80. The zero-order chi connectivity index (χ0) is 15.7. The summed E-state index contributed by atoms with van der Waals surface area (Å²) in [5.74, 6) is -0.837. The maximum absolute atomic E-state index is 10.8. The van der Waals surface area contributed by atoms with Crippen LogP contribution in [-0.2, 0) is 0 Å². The molecule has 0 bridgehead atoms. The molecule has 0 atom stereocenters. The lowest BCUT2D eigenvalue weighted by Gasteiger charge is -2.10. The Bertz CT molecular complexity index is 455. The van der Waals surface area contributed by atoms with Crippen molar-refractivity contribution >= 4 is 11.4 Å². The van der Waals surface area contributed by atoms with Gasteiger partial charge in [-0.15, -0.1) is 0 Å². The van der Waals surface area contributed by atoms with Crippen molar-refractivity contribution in [3.63, 3.8) is 0 Å². The molecule has 20 heavy (non-hydrogen) atoms. The Balaban J connectivity index is 0.000000441. The minimum Gasteiger partial charge on any atom is -0.868 e. The van der Waals surface area contributed by atoms with Crippen molar-refractivity contribution in [1.82, 2.24) is 0 Å². The Kier molecular flexibility index (Phi) is 7.83. The van der Waals surface area contributed by atoms with Crippen LogP contribution in [0.3, 0.4) is 0 Å². The van der Waals surface area contributed by atoms with E-state index >= 15 is 0 Å². The molecule has 1 N–H and O–H groups in total. The summed E-state index contributed by atoms with van der Waals surface area (Å²) in [4.78, 5) is 20.3. The first kappa shape index (κ1) is 17.8. The predicted molar refractivity (Wildman–Crippen MR) is 71.8 cm³/mol. The lowest BCUT2D eigenvalue weighted by Crippen LogP contribution is -3.11. The van der Waals surface area contributed by atoms with E-state index in [4.69, 9.17) is 0 Å². The molecule has 1 rings (SSSR count). The van der Waals surface area contributed by atoms with Crippen LogP contribution in [0.1, 0.15) is 20.8 Å². The van der Waals surface area contributed by atoms with Gasteiger partial charge in [0.05, 0.1) is 35.5 Å². The minimum atomic E-state index is -0.949. The van der Waals surface area contributed by atoms with E-state index in [-0.39, 0.29) is 0 Å². The molecule has 0 unspecified atom stereocenters. The molecule has 0 amide bonds. The molecule has 112 valence electrons. The minimum absolute atomic E-state index is 0.466. The fourth-order valence-corrected chi connectivity index (χ4v) is 1.51. The van der Waals surface area contributed by atoms with E-state index in [9.17, 15) is 25.3 Å². The van der Waals surface area contributed by atoms with Gasteiger partial charge in [0.2, 0.25) is 0 Å². The van der Waals surface area contributed by atoms with Gasteiger partial charge in [0.15, 0.2) is 0 Å². The molecule has 0 saturated carbocycles. The third-order valence-electron chi connectivity index (χ3n) is 2.85. The second kappa shape index (κ2) is 8.81. The quantitative estimate of drug-likeness (QED) is 0.625. The summed E-state index contributed by atoms with van der Waals surface area (Å²) in [5, 5.41) is 31.1. The smallest absolute Gasteiger partial charge is 0.276 e. The highest BCUT2D eigenvalue weighted by atomic mass is 16.6. The SMILES string of the molecule is CC[NH+](CC)CC.O=[N+]([O-])c1ccc([O-])c([N+](=O)[O-])c1. The first-order valence-electron chi connectivity index (χ1n) is 6.30. The van der Waals surface area contributed by atoms with Crippen LogP contribution >= 0.6 is 0 Å². The van der Waals surface area contributed by atoms with Gasteiger partial charge in [0.25, 0.3) is 11.4 Å². The second-order valence-corrected chi connectivity index (χ2v) is 3.98. The second-order valence-electron chi connectivity index (χ2n) is 3.98. The van der Waals surface area contributed by atoms with Crippen LogP contribution in [0.15, 0.2) is 18.2 Å². The number of hydrogen-bond donors (Lipinski definition) is 1. The van der Waals surface area contributed by atoms with Gasteiger partial charge < -0.3 is 10.0 Å². The Morgan fingerprint density at radius 3 is 1.80 bits per heavy atom. The van der Waals surface area contributed by atoms with Crippen LogP contribution in [0.25, 0.3) is 0 Å². The van der Waals surface area contributed by atoms with E-state index in [1.54, 1.807) is 4.90 Å². The van der Waals surface area contributed by atoms with Crippen molar-refractivity contribution in [3.05, 3.63) is 38.4 Å². The lowest BCUT2D eigenvalue weighted by molar-refractivity contribution is -0.894. The van der Waals surface area contributed by atoms with Gasteiger partial charge in [0, 0.05) is 6.07 Å². The average Bonchev–Trinajstić information content (AvgIpc) is 2.41. The van der Waals surface area contributed by atoms with Gasteiger partial charge in [0.1, 0.15) is 0 Å². The molecule has 1 aromatic rings. The number of nitro groups is 2. The summed E-state index contributed by atoms with van der Waals surface area (Å²) >= 11 is 0. The molecule has 0 aliphatic heterocycles. The highest BCUT2D eigenvalue weighted by Crippen LogP contribution is 2.27. The molecule has 0 heterocycles. The molecule has 0 aliphatic rings. The van der Waals surface area contributed by atoms with Crippen LogP contribution in [-0.4, -0.2) is 29.5 Å². The summed E-state index contributed by atoms with van der Waals surface area (Å²) in [5.41, 5.74) is -1.25. The van der Waals surface area contributed by atoms with E-state index in [1.165, 1.54) is 19.6 Å². The third kappa shape index (κ3) is 5.61. The van der Waals surface area contributed by atoms with E-state index in [0.29, 0.717) is 6.07 Å². The largest absolute Gasteiger partial charge is 0.868 e. The molecular weight excluding hydrogens is 266 g/mol. The van der Waals surface area contributed by atoms with Gasteiger partial charge in [-0.25, -0.2) is 0 Å². The molecule has 0 aromatic heterocycles. The summed E-state index contributed by atoms with van der Waals surface area (Å²) in [6.07, 6.45) is 0. The van der Waals surface area contributed by atoms with Crippen LogP contribution in [0.2, 0.25) is 0 Å². The fraction of sp³-hybridized carbons (Fsp3) is 0.500. The number of hydrogen-bond acceptors (Lipinski definition) is 5. The Hall–Kier alpha value is -2.22. The van der Waals surface area contributed by atoms with Crippen LogP contribution in [0.4, 0.5) is 11.4 Å². The molecule has 0 spiro atoms. The molecule has 8 heteroatoms. The highest BCUT2D eigenvalue weighted by molar-refractivity contribution is 5.51. The van der Waals surface area contributed by atoms with Gasteiger partial charge in [-0.1, -0.05) is 6.07 Å². The molecule has 8 nitrogen and oxygen atoms in total. The summed E-state index contributed by atoms with van der Waals surface area (Å²) in [6.45, 7) is 10.5. The third-order valence-corrected chi connectivity index (χ3v) is 2.85. The van der Waals surface area contributed by atoms with Crippen LogP contribution in [0.5, 0.6) is 5.75 Å². The number of quaternary nitrogens is 1. The monoisotopic (exact) mass is 285 g/mol. The van der Waals surface area contributed by atoms with Crippen molar-refractivity contribution in [2.24, 2.45) is 0 Å². The number of nitrogens with zero attached hydrogens (tertiary/aromatic N) is 2. The van der Waals surface area contributed by atoms with Crippen molar-refractivity contribution < 1.29 is 19.9 Å². The van der Waals surface area contributed by atoms with Gasteiger partial charge >= 0.3 is 0 Å². The number of nitro benzene ring substituents is 2. The molecule has 0 radical (unpaired) electrons. The van der Waals surface area contributed by atoms with Gasteiger partial charge in [-0.2, -0.15) is 0 Å². The highest BCUT2D eigenvalue weighted by Gasteiger charge is 2.13. The first-order valence-corrected chi connectivity index (χ1v) is 6.30. The summed E-state index contributed by atoms with van der Waals surface area (Å²) in [6, 6.07) is 2.37. The molecule has 0 aliphatic carbocycles. The predicted octanol–water partition coefficient (Wildman–Crippen LogP) is 0.508. The Labute approximate surface area is 116 Å². The lowest BCUT2D eigenvalue weighted by atomic mass is 10.2. The van der Waals surface area contributed by atoms with Crippen molar-refractivity contribution in [2.45, 2.75) is 20.8 Å². The molecule has 1 aromatic carbocycles. The Morgan fingerprint density at radius 2 is 1.50 bits per heavy atom. The number of rotatable bonds is 5. The van der Waals surface area contributed by atoms with Gasteiger partial charge in [-0.05, 0) is 26.5 Å². The molecule has 0 fully saturated rings. The van der Waals surface area contributed by atoms with Crippen LogP contribution in [0, 0.1) is 20.2 Å². The number of non-ortho nitro benzene ring substituents is 1. The number of benzene rings is 1. The summed E-state index contributed by atoms with van der Waals surface area (Å²) in [7, 11) is 0. The van der Waals surface area contributed by atoms with E-state index in [1.807, 2.05) is 0 Å². The molecular formula is C12H19N3O5. The van der Waals surface area contributed by atoms with E-state index < -0.39 is 27.0 Å². The van der Waals surface area contributed by atoms with Gasteiger partial charge in [-0.3, -0.25) is 20.2 Å². The number of nitrogens with one attached hydrogen (secondary N) is 1. The van der Waals surface area contributed by atoms with Crippen molar-refractivity contribution in [3.8, 4) is 5.75 Å². The average molecular weight is 285 g/mol. The molecule has 0 saturated heterocycles. The standard InChI is InChI=1S/C6H4N2O5.C6H15N/c9-6-2-1-4(7(10)11)3-5(6)8(12)13;1-4-7(5-2)6-3/h1-3,9H;4-6H2,1-3H3.